The van der Waals surface area contributed by atoms with Crippen molar-refractivity contribution in [3.8, 4) is 0 Å². The minimum Gasteiger partial charge on any atom is -0.396 e. The van der Waals surface area contributed by atoms with Crippen LogP contribution in [0, 0.1) is 11.8 Å². The number of aliphatic hydroxyl groups excluding tert-OH is 1. The van der Waals surface area contributed by atoms with Crippen molar-refractivity contribution in [2.45, 2.75) is 13.0 Å². The Bertz CT molecular complexity index is 627. The molecule has 7 nitrogen and oxygen atoms in total. The molecule has 2 aliphatic heterocycles. The van der Waals surface area contributed by atoms with Crippen molar-refractivity contribution in [1.82, 2.24) is 14.4 Å². The number of hydrogen-bond donors (Lipinski definition) is 1. The minimum absolute atomic E-state index is 0.0543. The number of hydrogen-bond acceptors (Lipinski definition) is 5. The number of likely N-dealkylation sites (tertiary alicyclic amines) is 1. The molecule has 0 aliphatic carbocycles. The number of carbonyl (C=O) groups is 1. The van der Waals surface area contributed by atoms with Crippen LogP contribution in [0.3, 0.4) is 0 Å². The summed E-state index contributed by atoms with van der Waals surface area (Å²) in [5.74, 6) is 0.483. The second-order valence-electron chi connectivity index (χ2n) is 6.90. The average Bonchev–Trinajstić information content (AvgIpc) is 3.04. The normalized spacial score (nSPS) is 24.6. The Morgan fingerprint density at radius 3 is 2.68 bits per heavy atom. The molecule has 0 unspecified atom stereocenters. The quantitative estimate of drug-likeness (QED) is 0.759. The molecule has 0 aromatic carbocycles. The van der Waals surface area contributed by atoms with Crippen LogP contribution in [0.2, 0.25) is 0 Å². The molecule has 3 rings (SSSR count). The van der Waals surface area contributed by atoms with Crippen LogP contribution in [0.25, 0.3) is 0 Å². The number of morpholine rings is 1. The van der Waals surface area contributed by atoms with Crippen molar-refractivity contribution in [2.75, 3.05) is 52.5 Å². The first-order valence-corrected chi connectivity index (χ1v) is 9.01. The van der Waals surface area contributed by atoms with Crippen molar-refractivity contribution >= 4 is 5.91 Å². The Labute approximate surface area is 147 Å². The molecule has 2 fully saturated rings. The number of aryl methyl sites for hydroxylation is 1. The van der Waals surface area contributed by atoms with Gasteiger partial charge in [0.05, 0.1) is 13.2 Å². The van der Waals surface area contributed by atoms with Gasteiger partial charge in [-0.3, -0.25) is 14.5 Å². The maximum Gasteiger partial charge on any atom is 0.250 e. The fraction of sp³-hybridized carbons (Fsp3) is 0.667. The highest BCUT2D eigenvalue weighted by Crippen LogP contribution is 2.25. The van der Waals surface area contributed by atoms with E-state index in [4.69, 9.17) is 4.74 Å². The summed E-state index contributed by atoms with van der Waals surface area (Å²) in [4.78, 5) is 28.4. The third-order valence-electron chi connectivity index (χ3n) is 5.23. The maximum atomic E-state index is 12.5. The van der Waals surface area contributed by atoms with Gasteiger partial charge in [0.2, 0.25) is 5.91 Å². The van der Waals surface area contributed by atoms with E-state index in [1.165, 1.54) is 6.07 Å². The summed E-state index contributed by atoms with van der Waals surface area (Å²) in [6.07, 6.45) is 2.02. The molecule has 0 saturated carbocycles. The number of aliphatic hydroxyl groups is 1. The van der Waals surface area contributed by atoms with E-state index in [1.54, 1.807) is 22.9 Å². The Morgan fingerprint density at radius 1 is 1.20 bits per heavy atom. The SMILES string of the molecule is O=C(CCn1ccccc1=O)N1C[C@@H](CO)[C@@H](CN2CCOCC2)C1. The van der Waals surface area contributed by atoms with Gasteiger partial charge in [-0.25, -0.2) is 0 Å². The molecule has 7 heteroatoms. The Hall–Kier alpha value is -1.70. The molecule has 0 bridgehead atoms. The van der Waals surface area contributed by atoms with Gasteiger partial charge in [0.1, 0.15) is 0 Å². The maximum absolute atomic E-state index is 12.5. The summed E-state index contributed by atoms with van der Waals surface area (Å²) in [6.45, 7) is 6.04. The molecule has 25 heavy (non-hydrogen) atoms. The number of pyridine rings is 1. The van der Waals surface area contributed by atoms with Crippen LogP contribution in [-0.2, 0) is 16.1 Å². The zero-order chi connectivity index (χ0) is 17.6. The molecule has 1 aromatic heterocycles. The van der Waals surface area contributed by atoms with Gasteiger partial charge in [-0.05, 0) is 12.0 Å². The second-order valence-corrected chi connectivity index (χ2v) is 6.90. The minimum atomic E-state index is -0.0878. The number of rotatable bonds is 6. The van der Waals surface area contributed by atoms with Gasteiger partial charge in [-0.1, -0.05) is 6.07 Å². The van der Waals surface area contributed by atoms with Crippen LogP contribution in [-0.4, -0.2) is 77.9 Å². The highest BCUT2D eigenvalue weighted by atomic mass is 16.5. The molecule has 1 amide bonds. The summed E-state index contributed by atoms with van der Waals surface area (Å²) in [5, 5.41) is 9.68. The van der Waals surface area contributed by atoms with Crippen LogP contribution in [0.1, 0.15) is 6.42 Å². The molecule has 138 valence electrons. The van der Waals surface area contributed by atoms with Gasteiger partial charge in [0, 0.05) is 70.5 Å². The number of aromatic nitrogens is 1. The molecule has 0 spiro atoms. The predicted octanol–water partition coefficient (Wildman–Crippen LogP) is -0.362. The number of ether oxygens (including phenoxy) is 1. The van der Waals surface area contributed by atoms with Gasteiger partial charge < -0.3 is 19.3 Å². The molecule has 0 radical (unpaired) electrons. The molecule has 3 heterocycles. The van der Waals surface area contributed by atoms with Crippen LogP contribution in [0.5, 0.6) is 0 Å². The van der Waals surface area contributed by atoms with Crippen molar-refractivity contribution in [2.24, 2.45) is 11.8 Å². The van der Waals surface area contributed by atoms with Gasteiger partial charge in [-0.15, -0.1) is 0 Å². The first kappa shape index (κ1) is 18.1. The van der Waals surface area contributed by atoms with E-state index in [0.29, 0.717) is 32.0 Å². The third kappa shape index (κ3) is 4.68. The summed E-state index contributed by atoms with van der Waals surface area (Å²) >= 11 is 0. The van der Waals surface area contributed by atoms with Crippen molar-refractivity contribution < 1.29 is 14.6 Å². The summed E-state index contributed by atoms with van der Waals surface area (Å²) in [5.41, 5.74) is -0.0878. The van der Waals surface area contributed by atoms with Crippen molar-refractivity contribution in [3.63, 3.8) is 0 Å². The fourth-order valence-electron chi connectivity index (χ4n) is 3.69. The molecule has 1 N–H and O–H groups in total. The molecular weight excluding hydrogens is 322 g/mol. The van der Waals surface area contributed by atoms with Crippen LogP contribution < -0.4 is 5.56 Å². The lowest BCUT2D eigenvalue weighted by molar-refractivity contribution is -0.130. The predicted molar refractivity (Wildman–Crippen MR) is 93.2 cm³/mol. The van der Waals surface area contributed by atoms with Gasteiger partial charge in [0.15, 0.2) is 0 Å². The Kier molecular flexibility index (Phi) is 6.23. The summed E-state index contributed by atoms with van der Waals surface area (Å²) < 4.78 is 6.94. The third-order valence-corrected chi connectivity index (χ3v) is 5.23. The fourth-order valence-corrected chi connectivity index (χ4v) is 3.69. The highest BCUT2D eigenvalue weighted by molar-refractivity contribution is 5.76. The number of amides is 1. The van der Waals surface area contributed by atoms with Gasteiger partial charge in [0.25, 0.3) is 5.56 Å². The van der Waals surface area contributed by atoms with Crippen LogP contribution in [0.4, 0.5) is 0 Å². The molecule has 2 aliphatic rings. The molecule has 1 aromatic rings. The summed E-state index contributed by atoms with van der Waals surface area (Å²) in [7, 11) is 0. The van der Waals surface area contributed by atoms with E-state index < -0.39 is 0 Å². The standard InChI is InChI=1S/C18H27N3O4/c22-14-16-13-21(12-15(16)11-19-7-9-25-10-8-19)18(24)4-6-20-5-2-1-3-17(20)23/h1-3,5,15-16,22H,4,6-14H2/t15-,16-/m0/s1. The first-order chi connectivity index (χ1) is 12.2. The zero-order valence-electron chi connectivity index (χ0n) is 14.5. The zero-order valence-corrected chi connectivity index (χ0v) is 14.5. The van der Waals surface area contributed by atoms with Crippen LogP contribution in [0.15, 0.2) is 29.2 Å². The van der Waals surface area contributed by atoms with E-state index in [9.17, 15) is 14.7 Å². The molecule has 2 saturated heterocycles. The molecule has 2 atom stereocenters. The Morgan fingerprint density at radius 2 is 1.96 bits per heavy atom. The van der Waals surface area contributed by atoms with Crippen LogP contribution >= 0.6 is 0 Å². The smallest absolute Gasteiger partial charge is 0.250 e. The lowest BCUT2D eigenvalue weighted by atomic mass is 9.96. The lowest BCUT2D eigenvalue weighted by Gasteiger charge is -2.30. The molecular formula is C18H27N3O4. The van der Waals surface area contributed by atoms with Crippen molar-refractivity contribution in [1.29, 1.82) is 0 Å². The van der Waals surface area contributed by atoms with Gasteiger partial charge in [-0.2, -0.15) is 0 Å². The average molecular weight is 349 g/mol. The summed E-state index contributed by atoms with van der Waals surface area (Å²) in [6, 6.07) is 4.99. The topological polar surface area (TPSA) is 75.0 Å². The van der Waals surface area contributed by atoms with Crippen molar-refractivity contribution in [3.05, 3.63) is 34.7 Å². The van der Waals surface area contributed by atoms with E-state index in [0.717, 1.165) is 32.8 Å². The first-order valence-electron chi connectivity index (χ1n) is 9.01. The van der Waals surface area contributed by atoms with E-state index >= 15 is 0 Å². The number of carbonyl (C=O) groups excluding carboxylic acids is 1. The van der Waals surface area contributed by atoms with E-state index in [1.807, 2.05) is 4.90 Å². The number of nitrogens with zero attached hydrogens (tertiary/aromatic N) is 3. The monoisotopic (exact) mass is 349 g/mol. The second kappa shape index (κ2) is 8.60. The lowest BCUT2D eigenvalue weighted by Crippen LogP contribution is -2.41. The Balaban J connectivity index is 1.52. The van der Waals surface area contributed by atoms with E-state index in [-0.39, 0.29) is 24.0 Å². The highest BCUT2D eigenvalue weighted by Gasteiger charge is 2.35. The van der Waals surface area contributed by atoms with Gasteiger partial charge >= 0.3 is 0 Å². The largest absolute Gasteiger partial charge is 0.396 e. The van der Waals surface area contributed by atoms with E-state index in [2.05, 4.69) is 4.90 Å².